The molecule has 2 rings (SSSR count). The van der Waals surface area contributed by atoms with Gasteiger partial charge in [-0.3, -0.25) is 9.79 Å². The van der Waals surface area contributed by atoms with Crippen molar-refractivity contribution in [2.24, 2.45) is 4.99 Å². The molecule has 3 N–H and O–H groups in total. The van der Waals surface area contributed by atoms with Crippen molar-refractivity contribution in [1.82, 2.24) is 16.0 Å². The first kappa shape index (κ1) is 22.7. The number of carbonyl (C=O) groups is 1. The molecule has 1 aromatic rings. The van der Waals surface area contributed by atoms with Gasteiger partial charge >= 0.3 is 0 Å². The molecule has 0 saturated heterocycles. The number of hydrogen-bond donors (Lipinski definition) is 3. The number of aliphatic imine (C=N–C) groups is 1. The van der Waals surface area contributed by atoms with Gasteiger partial charge in [0.1, 0.15) is 0 Å². The van der Waals surface area contributed by atoms with Gasteiger partial charge in [0.15, 0.2) is 5.96 Å². The molecule has 1 fully saturated rings. The molecule has 0 heterocycles. The molecule has 6 heteroatoms. The standard InChI is InChI=1S/C20H32N4O.HI/c1-20(2,16-10-6-4-7-11-16)15-23-19(21-3)22-14-18(25)24-17-12-8-5-9-13-17;/h4,6-7,10-11,17H,5,8-9,12-15H2,1-3H3,(H,24,25)(H2,21,22,23);1H. The summed E-state index contributed by atoms with van der Waals surface area (Å²) in [6.07, 6.45) is 5.93. The molecule has 146 valence electrons. The molecular weight excluding hydrogens is 439 g/mol. The van der Waals surface area contributed by atoms with Crippen molar-refractivity contribution in [3.8, 4) is 0 Å². The fourth-order valence-electron chi connectivity index (χ4n) is 3.21. The summed E-state index contributed by atoms with van der Waals surface area (Å²) >= 11 is 0. The van der Waals surface area contributed by atoms with E-state index in [0.717, 1.165) is 19.4 Å². The van der Waals surface area contributed by atoms with Crippen molar-refractivity contribution in [3.63, 3.8) is 0 Å². The van der Waals surface area contributed by atoms with Crippen LogP contribution in [0.25, 0.3) is 0 Å². The average molecular weight is 472 g/mol. The predicted octanol–water partition coefficient (Wildman–Crippen LogP) is 3.20. The highest BCUT2D eigenvalue weighted by molar-refractivity contribution is 14.0. The van der Waals surface area contributed by atoms with Crippen LogP contribution in [0.4, 0.5) is 0 Å². The first-order valence-electron chi connectivity index (χ1n) is 9.31. The van der Waals surface area contributed by atoms with Crippen molar-refractivity contribution in [3.05, 3.63) is 35.9 Å². The first-order valence-corrected chi connectivity index (χ1v) is 9.31. The van der Waals surface area contributed by atoms with Gasteiger partial charge in [0.05, 0.1) is 6.54 Å². The van der Waals surface area contributed by atoms with E-state index >= 15 is 0 Å². The topological polar surface area (TPSA) is 65.5 Å². The van der Waals surface area contributed by atoms with Crippen LogP contribution in [0.2, 0.25) is 0 Å². The number of amides is 1. The molecule has 26 heavy (non-hydrogen) atoms. The van der Waals surface area contributed by atoms with Gasteiger partial charge in [-0.15, -0.1) is 24.0 Å². The van der Waals surface area contributed by atoms with E-state index in [1.165, 1.54) is 24.8 Å². The van der Waals surface area contributed by atoms with Gasteiger partial charge in [-0.2, -0.15) is 0 Å². The Morgan fingerprint density at radius 2 is 1.77 bits per heavy atom. The molecule has 0 aromatic heterocycles. The normalized spacial score (nSPS) is 15.7. The van der Waals surface area contributed by atoms with Crippen molar-refractivity contribution in [1.29, 1.82) is 0 Å². The van der Waals surface area contributed by atoms with Gasteiger partial charge in [-0.25, -0.2) is 0 Å². The number of halogens is 1. The Bertz CT molecular complexity index is 568. The lowest BCUT2D eigenvalue weighted by atomic mass is 9.85. The summed E-state index contributed by atoms with van der Waals surface area (Å²) in [7, 11) is 1.73. The first-order chi connectivity index (χ1) is 12.0. The number of nitrogens with one attached hydrogen (secondary N) is 3. The summed E-state index contributed by atoms with van der Waals surface area (Å²) in [5.41, 5.74) is 1.25. The molecule has 1 saturated carbocycles. The highest BCUT2D eigenvalue weighted by atomic mass is 127. The van der Waals surface area contributed by atoms with Gasteiger partial charge in [0, 0.05) is 25.0 Å². The predicted molar refractivity (Wildman–Crippen MR) is 119 cm³/mol. The third-order valence-electron chi connectivity index (χ3n) is 4.86. The van der Waals surface area contributed by atoms with E-state index in [4.69, 9.17) is 0 Å². The third-order valence-corrected chi connectivity index (χ3v) is 4.86. The maximum absolute atomic E-state index is 12.1. The van der Waals surface area contributed by atoms with Crippen LogP contribution in [-0.2, 0) is 10.2 Å². The van der Waals surface area contributed by atoms with E-state index in [9.17, 15) is 4.79 Å². The van der Waals surface area contributed by atoms with Crippen LogP contribution in [0.1, 0.15) is 51.5 Å². The Morgan fingerprint density at radius 1 is 1.12 bits per heavy atom. The largest absolute Gasteiger partial charge is 0.356 e. The zero-order chi connectivity index (χ0) is 18.1. The molecule has 1 aliphatic carbocycles. The van der Waals surface area contributed by atoms with Gasteiger partial charge in [0.25, 0.3) is 0 Å². The number of carbonyl (C=O) groups excluding carboxylic acids is 1. The molecule has 0 aliphatic heterocycles. The third kappa shape index (κ3) is 7.51. The summed E-state index contributed by atoms with van der Waals surface area (Å²) < 4.78 is 0. The molecule has 1 aromatic carbocycles. The Morgan fingerprint density at radius 3 is 2.38 bits per heavy atom. The van der Waals surface area contributed by atoms with E-state index in [-0.39, 0.29) is 41.8 Å². The minimum Gasteiger partial charge on any atom is -0.356 e. The number of hydrogen-bond acceptors (Lipinski definition) is 2. The quantitative estimate of drug-likeness (QED) is 0.339. The summed E-state index contributed by atoms with van der Waals surface area (Å²) in [5.74, 6) is 0.694. The van der Waals surface area contributed by atoms with Gasteiger partial charge in [-0.1, -0.05) is 63.4 Å². The van der Waals surface area contributed by atoms with Crippen LogP contribution in [-0.4, -0.2) is 38.0 Å². The van der Waals surface area contributed by atoms with Gasteiger partial charge in [-0.05, 0) is 18.4 Å². The summed E-state index contributed by atoms with van der Waals surface area (Å²) in [4.78, 5) is 16.3. The van der Waals surface area contributed by atoms with Gasteiger partial charge < -0.3 is 16.0 Å². The number of rotatable bonds is 6. The maximum atomic E-state index is 12.1. The lowest BCUT2D eigenvalue weighted by molar-refractivity contribution is -0.120. The highest BCUT2D eigenvalue weighted by Crippen LogP contribution is 2.21. The Balaban J connectivity index is 0.00000338. The second kappa shape index (κ2) is 11.4. The molecule has 5 nitrogen and oxygen atoms in total. The Labute approximate surface area is 174 Å². The molecule has 1 aliphatic rings. The minimum absolute atomic E-state index is 0. The molecule has 0 bridgehead atoms. The van der Waals surface area contributed by atoms with Crippen LogP contribution >= 0.6 is 24.0 Å². The van der Waals surface area contributed by atoms with Crippen LogP contribution in [0.5, 0.6) is 0 Å². The smallest absolute Gasteiger partial charge is 0.239 e. The average Bonchev–Trinajstić information content (AvgIpc) is 2.63. The van der Waals surface area contributed by atoms with E-state index in [0.29, 0.717) is 12.0 Å². The van der Waals surface area contributed by atoms with Crippen LogP contribution in [0.15, 0.2) is 35.3 Å². The lowest BCUT2D eigenvalue weighted by Crippen LogP contribution is -2.48. The summed E-state index contributed by atoms with van der Waals surface area (Å²) in [6, 6.07) is 10.7. The minimum atomic E-state index is -0.0246. The highest BCUT2D eigenvalue weighted by Gasteiger charge is 2.21. The number of guanidine groups is 1. The second-order valence-electron chi connectivity index (χ2n) is 7.43. The van der Waals surface area contributed by atoms with Crippen LogP contribution < -0.4 is 16.0 Å². The molecule has 0 spiro atoms. The zero-order valence-corrected chi connectivity index (χ0v) is 18.5. The monoisotopic (exact) mass is 472 g/mol. The lowest BCUT2D eigenvalue weighted by Gasteiger charge is -2.27. The zero-order valence-electron chi connectivity index (χ0n) is 16.2. The van der Waals surface area contributed by atoms with Crippen molar-refractivity contribution >= 4 is 35.8 Å². The Hall–Kier alpha value is -1.31. The molecule has 0 atom stereocenters. The van der Waals surface area contributed by atoms with Crippen molar-refractivity contribution in [2.75, 3.05) is 20.1 Å². The molecule has 0 unspecified atom stereocenters. The van der Waals surface area contributed by atoms with Gasteiger partial charge in [0.2, 0.25) is 5.91 Å². The fourth-order valence-corrected chi connectivity index (χ4v) is 3.21. The maximum Gasteiger partial charge on any atom is 0.239 e. The van der Waals surface area contributed by atoms with Crippen LogP contribution in [0, 0.1) is 0 Å². The molecule has 0 radical (unpaired) electrons. The molecule has 1 amide bonds. The second-order valence-corrected chi connectivity index (χ2v) is 7.43. The SMILES string of the molecule is CN=C(NCC(=O)NC1CCCCC1)NCC(C)(C)c1ccccc1.I. The van der Waals surface area contributed by atoms with Crippen molar-refractivity contribution < 1.29 is 4.79 Å². The number of nitrogens with zero attached hydrogens (tertiary/aromatic N) is 1. The fraction of sp³-hybridized carbons (Fsp3) is 0.600. The Kier molecular flexibility index (Phi) is 9.98. The molecular formula is C20H33IN4O. The van der Waals surface area contributed by atoms with E-state index in [1.807, 2.05) is 6.07 Å². The summed E-state index contributed by atoms with van der Waals surface area (Å²) in [5, 5.41) is 9.55. The number of benzene rings is 1. The van der Waals surface area contributed by atoms with E-state index < -0.39 is 0 Å². The van der Waals surface area contributed by atoms with E-state index in [2.05, 4.69) is 59.1 Å². The summed E-state index contributed by atoms with van der Waals surface area (Å²) in [6.45, 7) is 5.37. The van der Waals surface area contributed by atoms with Crippen LogP contribution in [0.3, 0.4) is 0 Å². The van der Waals surface area contributed by atoms with Crippen molar-refractivity contribution in [2.45, 2.75) is 57.4 Å². The van der Waals surface area contributed by atoms with E-state index in [1.54, 1.807) is 7.05 Å².